The smallest absolute Gasteiger partial charge is 0.0844 e. The molecule has 1 aliphatic rings. The highest BCUT2D eigenvalue weighted by Gasteiger charge is 2.19. The molecule has 0 N–H and O–H groups in total. The number of hydrogen-bond acceptors (Lipinski definition) is 1. The summed E-state index contributed by atoms with van der Waals surface area (Å²) in [7, 11) is 0. The molecule has 1 saturated heterocycles. The first-order valence-electron chi connectivity index (χ1n) is 4.70. The van der Waals surface area contributed by atoms with Crippen LogP contribution in [0, 0.1) is 0 Å². The van der Waals surface area contributed by atoms with Gasteiger partial charge in [0.2, 0.25) is 0 Å². The van der Waals surface area contributed by atoms with Gasteiger partial charge in [-0.2, -0.15) is 0 Å². The summed E-state index contributed by atoms with van der Waals surface area (Å²) in [5.74, 6) is 0. The van der Waals surface area contributed by atoms with Gasteiger partial charge in [0, 0.05) is 0 Å². The van der Waals surface area contributed by atoms with Crippen molar-refractivity contribution in [2.75, 3.05) is 6.61 Å². The van der Waals surface area contributed by atoms with Gasteiger partial charge in [0.05, 0.1) is 12.7 Å². The number of rotatable bonds is 6. The van der Waals surface area contributed by atoms with Crippen LogP contribution in [-0.4, -0.2) is 12.7 Å². The van der Waals surface area contributed by atoms with Crippen molar-refractivity contribution in [1.82, 2.24) is 0 Å². The first-order valence-corrected chi connectivity index (χ1v) is 4.70. The van der Waals surface area contributed by atoms with Gasteiger partial charge in [-0.25, -0.2) is 0 Å². The summed E-state index contributed by atoms with van der Waals surface area (Å²) in [6.45, 7) is 3.22. The van der Waals surface area contributed by atoms with E-state index < -0.39 is 0 Å². The zero-order valence-corrected chi connectivity index (χ0v) is 7.38. The van der Waals surface area contributed by atoms with E-state index in [9.17, 15) is 0 Å². The average molecular weight is 154 g/mol. The van der Waals surface area contributed by atoms with Crippen molar-refractivity contribution in [2.45, 2.75) is 45.1 Å². The van der Waals surface area contributed by atoms with Crippen molar-refractivity contribution in [2.24, 2.45) is 0 Å². The fourth-order valence-corrected chi connectivity index (χ4v) is 1.08. The second-order valence-corrected chi connectivity index (χ2v) is 3.16. The summed E-state index contributed by atoms with van der Waals surface area (Å²) in [6.07, 6.45) is 11.5. The molecule has 0 aliphatic carbocycles. The molecule has 64 valence electrons. The van der Waals surface area contributed by atoms with E-state index in [1.54, 1.807) is 0 Å². The molecular formula is C10H18O. The van der Waals surface area contributed by atoms with Crippen LogP contribution in [-0.2, 0) is 4.74 Å². The molecule has 0 amide bonds. The molecule has 0 aromatic heterocycles. The Bertz CT molecular complexity index is 114. The lowest BCUT2D eigenvalue weighted by atomic mass is 10.2. The van der Waals surface area contributed by atoms with Crippen LogP contribution in [0.3, 0.4) is 0 Å². The summed E-state index contributed by atoms with van der Waals surface area (Å²) in [6, 6.07) is 0. The number of hydrogen-bond donors (Lipinski definition) is 0. The molecule has 11 heavy (non-hydrogen) atoms. The third-order valence-electron chi connectivity index (χ3n) is 1.94. The Hall–Kier alpha value is -0.300. The summed E-state index contributed by atoms with van der Waals surface area (Å²) >= 11 is 0. The molecule has 0 unspecified atom stereocenters. The highest BCUT2D eigenvalue weighted by atomic mass is 16.6. The van der Waals surface area contributed by atoms with Crippen molar-refractivity contribution < 1.29 is 4.74 Å². The van der Waals surface area contributed by atoms with Gasteiger partial charge in [-0.05, 0) is 19.3 Å². The molecule has 1 fully saturated rings. The number of unbranched alkanes of at least 4 members (excludes halogenated alkanes) is 3. The van der Waals surface area contributed by atoms with E-state index in [1.807, 2.05) is 0 Å². The van der Waals surface area contributed by atoms with Gasteiger partial charge in [0.25, 0.3) is 0 Å². The second-order valence-electron chi connectivity index (χ2n) is 3.16. The number of allylic oxidation sites excluding steroid dienone is 1. The standard InChI is InChI=1S/C10H18O/c1-2-3-4-5-6-7-8-10-9-11-10/h6-7,10H,2-5,8-9H2,1H3/b7-6-/t10-/m1/s1. The molecule has 0 aromatic rings. The van der Waals surface area contributed by atoms with Gasteiger partial charge in [0.1, 0.15) is 0 Å². The Balaban J connectivity index is 1.80. The van der Waals surface area contributed by atoms with Crippen molar-refractivity contribution in [1.29, 1.82) is 0 Å². The van der Waals surface area contributed by atoms with Crippen molar-refractivity contribution in [3.8, 4) is 0 Å². The van der Waals surface area contributed by atoms with Crippen LogP contribution in [0.15, 0.2) is 12.2 Å². The molecule has 1 rings (SSSR count). The van der Waals surface area contributed by atoms with E-state index in [0.29, 0.717) is 6.10 Å². The van der Waals surface area contributed by atoms with E-state index in [-0.39, 0.29) is 0 Å². The zero-order valence-electron chi connectivity index (χ0n) is 7.38. The molecule has 1 atom stereocenters. The van der Waals surface area contributed by atoms with Crippen LogP contribution in [0.25, 0.3) is 0 Å². The van der Waals surface area contributed by atoms with Crippen LogP contribution in [0.4, 0.5) is 0 Å². The predicted octanol–water partition coefficient (Wildman–Crippen LogP) is 2.91. The lowest BCUT2D eigenvalue weighted by molar-refractivity contribution is 0.410. The van der Waals surface area contributed by atoms with Gasteiger partial charge in [-0.1, -0.05) is 31.9 Å². The minimum Gasteiger partial charge on any atom is -0.373 e. The van der Waals surface area contributed by atoms with E-state index in [1.165, 1.54) is 25.7 Å². The van der Waals surface area contributed by atoms with Gasteiger partial charge in [-0.15, -0.1) is 0 Å². The minimum atomic E-state index is 0.567. The minimum absolute atomic E-state index is 0.567. The van der Waals surface area contributed by atoms with E-state index in [4.69, 9.17) is 4.74 Å². The van der Waals surface area contributed by atoms with Gasteiger partial charge in [0.15, 0.2) is 0 Å². The first-order chi connectivity index (χ1) is 5.43. The lowest BCUT2D eigenvalue weighted by Gasteiger charge is -1.90. The van der Waals surface area contributed by atoms with Crippen LogP contribution in [0.1, 0.15) is 39.0 Å². The number of epoxide rings is 1. The molecule has 0 bridgehead atoms. The lowest BCUT2D eigenvalue weighted by Crippen LogP contribution is -1.78. The molecule has 1 aliphatic heterocycles. The highest BCUT2D eigenvalue weighted by Crippen LogP contribution is 2.13. The maximum absolute atomic E-state index is 5.08. The van der Waals surface area contributed by atoms with Crippen molar-refractivity contribution in [3.63, 3.8) is 0 Å². The Kier molecular flexibility index (Phi) is 4.29. The highest BCUT2D eigenvalue weighted by molar-refractivity contribution is 4.87. The van der Waals surface area contributed by atoms with Gasteiger partial charge >= 0.3 is 0 Å². The molecule has 0 aromatic carbocycles. The normalized spacial score (nSPS) is 22.8. The van der Waals surface area contributed by atoms with Crippen molar-refractivity contribution in [3.05, 3.63) is 12.2 Å². The molecule has 1 nitrogen and oxygen atoms in total. The molecule has 0 radical (unpaired) electrons. The summed E-state index contributed by atoms with van der Waals surface area (Å²) in [4.78, 5) is 0. The molecular weight excluding hydrogens is 136 g/mol. The Morgan fingerprint density at radius 3 is 2.82 bits per heavy atom. The Morgan fingerprint density at radius 2 is 2.18 bits per heavy atom. The Morgan fingerprint density at radius 1 is 1.36 bits per heavy atom. The maximum Gasteiger partial charge on any atom is 0.0844 e. The van der Waals surface area contributed by atoms with Crippen LogP contribution in [0.5, 0.6) is 0 Å². The second kappa shape index (κ2) is 5.36. The Labute approximate surface area is 69.4 Å². The summed E-state index contributed by atoms with van der Waals surface area (Å²) in [5.41, 5.74) is 0. The molecule has 0 saturated carbocycles. The SMILES string of the molecule is CCCCC/C=C\C[C@@H]1CO1. The van der Waals surface area contributed by atoms with Crippen LogP contribution < -0.4 is 0 Å². The third kappa shape index (κ3) is 5.02. The van der Waals surface area contributed by atoms with E-state index in [2.05, 4.69) is 19.1 Å². The zero-order chi connectivity index (χ0) is 7.94. The largest absolute Gasteiger partial charge is 0.373 e. The number of ether oxygens (including phenoxy) is 1. The van der Waals surface area contributed by atoms with Crippen molar-refractivity contribution >= 4 is 0 Å². The molecule has 1 heteroatoms. The quantitative estimate of drug-likeness (QED) is 0.325. The average Bonchev–Trinajstić information content (AvgIpc) is 2.80. The first kappa shape index (κ1) is 8.79. The van der Waals surface area contributed by atoms with Crippen LogP contribution in [0.2, 0.25) is 0 Å². The summed E-state index contributed by atoms with van der Waals surface area (Å²) < 4.78 is 5.08. The molecule has 1 heterocycles. The third-order valence-corrected chi connectivity index (χ3v) is 1.94. The monoisotopic (exact) mass is 154 g/mol. The predicted molar refractivity (Wildman–Crippen MR) is 47.6 cm³/mol. The maximum atomic E-state index is 5.08. The van der Waals surface area contributed by atoms with Gasteiger partial charge < -0.3 is 4.74 Å². The van der Waals surface area contributed by atoms with E-state index >= 15 is 0 Å². The van der Waals surface area contributed by atoms with Gasteiger partial charge in [-0.3, -0.25) is 0 Å². The van der Waals surface area contributed by atoms with Crippen LogP contribution >= 0.6 is 0 Å². The topological polar surface area (TPSA) is 12.5 Å². The fraction of sp³-hybridized carbons (Fsp3) is 0.800. The fourth-order valence-electron chi connectivity index (χ4n) is 1.08. The van der Waals surface area contributed by atoms with E-state index in [0.717, 1.165) is 13.0 Å². The molecule has 0 spiro atoms. The summed E-state index contributed by atoms with van der Waals surface area (Å²) in [5, 5.41) is 0.